The highest BCUT2D eigenvalue weighted by atomic mass is 16.6. The van der Waals surface area contributed by atoms with E-state index < -0.39 is 9.85 Å². The molecule has 1 fully saturated rings. The molecular formula is C12H15N3O5. The quantitative estimate of drug-likeness (QED) is 0.649. The summed E-state index contributed by atoms with van der Waals surface area (Å²) in [5, 5.41) is 21.6. The van der Waals surface area contributed by atoms with Gasteiger partial charge in [-0.3, -0.25) is 20.2 Å². The van der Waals surface area contributed by atoms with E-state index in [0.717, 1.165) is 25.3 Å². The predicted molar refractivity (Wildman–Crippen MR) is 70.2 cm³/mol. The lowest BCUT2D eigenvalue weighted by Gasteiger charge is -2.11. The number of nitrogens with two attached hydrogens (primary N) is 1. The molecule has 2 unspecified atom stereocenters. The van der Waals surface area contributed by atoms with E-state index in [-0.39, 0.29) is 30.1 Å². The minimum Gasteiger partial charge on any atom is -0.373 e. The number of benzene rings is 1. The SMILES string of the molecule is NC1CCC(OCc2ccc([N+](=O)[O-])cc2[N+](=O)[O-])C1. The molecule has 0 bridgehead atoms. The lowest BCUT2D eigenvalue weighted by atomic mass is 10.1. The average Bonchev–Trinajstić information content (AvgIpc) is 2.81. The third kappa shape index (κ3) is 3.28. The first-order chi connectivity index (χ1) is 9.47. The van der Waals surface area contributed by atoms with Crippen LogP contribution in [0.2, 0.25) is 0 Å². The summed E-state index contributed by atoms with van der Waals surface area (Å²) in [7, 11) is 0. The van der Waals surface area contributed by atoms with Crippen LogP contribution in [0.1, 0.15) is 24.8 Å². The molecule has 1 aliphatic carbocycles. The molecule has 0 radical (unpaired) electrons. The molecule has 0 spiro atoms. The van der Waals surface area contributed by atoms with Crippen molar-refractivity contribution >= 4 is 11.4 Å². The Labute approximate surface area is 114 Å². The summed E-state index contributed by atoms with van der Waals surface area (Å²) in [6.45, 7) is 0.0612. The molecule has 2 atom stereocenters. The zero-order valence-corrected chi connectivity index (χ0v) is 10.7. The van der Waals surface area contributed by atoms with Crippen LogP contribution >= 0.6 is 0 Å². The standard InChI is InChI=1S/C12H15N3O5/c13-9-2-4-11(5-9)20-7-8-1-3-10(14(16)17)6-12(8)15(18)19/h1,3,6,9,11H,2,4-5,7,13H2. The molecule has 1 saturated carbocycles. The smallest absolute Gasteiger partial charge is 0.281 e. The van der Waals surface area contributed by atoms with Crippen LogP contribution in [0.25, 0.3) is 0 Å². The lowest BCUT2D eigenvalue weighted by Crippen LogP contribution is -2.17. The Morgan fingerprint density at radius 3 is 2.55 bits per heavy atom. The molecule has 1 aromatic carbocycles. The number of non-ortho nitro benzene ring substituents is 1. The fraction of sp³-hybridized carbons (Fsp3) is 0.500. The molecular weight excluding hydrogens is 266 g/mol. The number of nitro benzene ring substituents is 2. The van der Waals surface area contributed by atoms with Crippen LogP contribution in [-0.2, 0) is 11.3 Å². The van der Waals surface area contributed by atoms with Crippen LogP contribution < -0.4 is 5.73 Å². The maximum Gasteiger partial charge on any atom is 0.281 e. The van der Waals surface area contributed by atoms with Gasteiger partial charge >= 0.3 is 0 Å². The zero-order chi connectivity index (χ0) is 14.7. The van der Waals surface area contributed by atoms with Crippen molar-refractivity contribution in [2.24, 2.45) is 5.73 Å². The van der Waals surface area contributed by atoms with Gasteiger partial charge in [-0.25, -0.2) is 0 Å². The Hall–Kier alpha value is -2.06. The van der Waals surface area contributed by atoms with Crippen LogP contribution in [0.5, 0.6) is 0 Å². The largest absolute Gasteiger partial charge is 0.373 e. The summed E-state index contributed by atoms with van der Waals surface area (Å²) in [6, 6.07) is 3.68. The molecule has 1 aliphatic rings. The first-order valence-electron chi connectivity index (χ1n) is 6.26. The maximum atomic E-state index is 11.0. The van der Waals surface area contributed by atoms with Crippen molar-refractivity contribution in [3.8, 4) is 0 Å². The molecule has 0 amide bonds. The van der Waals surface area contributed by atoms with Crippen LogP contribution in [0.3, 0.4) is 0 Å². The van der Waals surface area contributed by atoms with E-state index in [4.69, 9.17) is 10.5 Å². The third-order valence-electron chi connectivity index (χ3n) is 3.38. The van der Waals surface area contributed by atoms with Crippen LogP contribution in [-0.4, -0.2) is 22.0 Å². The van der Waals surface area contributed by atoms with Gasteiger partial charge < -0.3 is 10.5 Å². The van der Waals surface area contributed by atoms with Gasteiger partial charge in [-0.05, 0) is 25.3 Å². The summed E-state index contributed by atoms with van der Waals surface area (Å²) < 4.78 is 5.60. The number of hydrogen-bond acceptors (Lipinski definition) is 6. The number of rotatable bonds is 5. The second-order valence-corrected chi connectivity index (χ2v) is 4.83. The molecule has 0 heterocycles. The molecule has 8 nitrogen and oxygen atoms in total. The van der Waals surface area contributed by atoms with E-state index in [0.29, 0.717) is 5.56 Å². The number of nitro groups is 2. The first kappa shape index (κ1) is 14.4. The van der Waals surface area contributed by atoms with Crippen molar-refractivity contribution in [2.75, 3.05) is 0 Å². The van der Waals surface area contributed by atoms with Gasteiger partial charge in [0.1, 0.15) is 0 Å². The fourth-order valence-corrected chi connectivity index (χ4v) is 2.29. The molecule has 8 heteroatoms. The predicted octanol–water partition coefficient (Wildman–Crippen LogP) is 1.90. The van der Waals surface area contributed by atoms with Gasteiger partial charge in [0, 0.05) is 12.1 Å². The van der Waals surface area contributed by atoms with Crippen molar-refractivity contribution in [3.63, 3.8) is 0 Å². The van der Waals surface area contributed by atoms with Crippen molar-refractivity contribution in [1.29, 1.82) is 0 Å². The molecule has 2 rings (SSSR count). The molecule has 20 heavy (non-hydrogen) atoms. The second-order valence-electron chi connectivity index (χ2n) is 4.83. The van der Waals surface area contributed by atoms with Gasteiger partial charge in [0.15, 0.2) is 0 Å². The summed E-state index contributed by atoms with van der Waals surface area (Å²) in [5.41, 5.74) is 5.50. The van der Waals surface area contributed by atoms with E-state index in [1.807, 2.05) is 0 Å². The van der Waals surface area contributed by atoms with Gasteiger partial charge in [0.05, 0.1) is 34.2 Å². The average molecular weight is 281 g/mol. The van der Waals surface area contributed by atoms with Crippen molar-refractivity contribution in [1.82, 2.24) is 0 Å². The highest BCUT2D eigenvalue weighted by molar-refractivity contribution is 5.48. The van der Waals surface area contributed by atoms with Crippen molar-refractivity contribution < 1.29 is 14.6 Å². The minimum absolute atomic E-state index is 0.000189. The van der Waals surface area contributed by atoms with Crippen molar-refractivity contribution in [3.05, 3.63) is 44.0 Å². The Morgan fingerprint density at radius 2 is 2.00 bits per heavy atom. The molecule has 0 aliphatic heterocycles. The summed E-state index contributed by atoms with van der Waals surface area (Å²) in [6.07, 6.45) is 2.45. The summed E-state index contributed by atoms with van der Waals surface area (Å²) >= 11 is 0. The first-order valence-corrected chi connectivity index (χ1v) is 6.26. The van der Waals surface area contributed by atoms with E-state index in [2.05, 4.69) is 0 Å². The van der Waals surface area contributed by atoms with Crippen molar-refractivity contribution in [2.45, 2.75) is 38.0 Å². The van der Waals surface area contributed by atoms with Gasteiger partial charge in [-0.1, -0.05) is 0 Å². The van der Waals surface area contributed by atoms with E-state index in [1.165, 1.54) is 12.1 Å². The third-order valence-corrected chi connectivity index (χ3v) is 3.38. The Morgan fingerprint density at radius 1 is 1.25 bits per heavy atom. The lowest BCUT2D eigenvalue weighted by molar-refractivity contribution is -0.394. The van der Waals surface area contributed by atoms with Gasteiger partial charge in [-0.15, -0.1) is 0 Å². The Bertz CT molecular complexity index is 534. The Kier molecular flexibility index (Phi) is 4.26. The van der Waals surface area contributed by atoms with E-state index in [9.17, 15) is 20.2 Å². The minimum atomic E-state index is -0.659. The highest BCUT2D eigenvalue weighted by Crippen LogP contribution is 2.27. The second kappa shape index (κ2) is 5.93. The van der Waals surface area contributed by atoms with Gasteiger partial charge in [0.2, 0.25) is 0 Å². The number of ether oxygens (including phenoxy) is 1. The monoisotopic (exact) mass is 281 g/mol. The van der Waals surface area contributed by atoms with Gasteiger partial charge in [0.25, 0.3) is 11.4 Å². The molecule has 1 aromatic rings. The highest BCUT2D eigenvalue weighted by Gasteiger charge is 2.24. The Balaban J connectivity index is 2.10. The van der Waals surface area contributed by atoms with E-state index >= 15 is 0 Å². The topological polar surface area (TPSA) is 122 Å². The van der Waals surface area contributed by atoms with E-state index in [1.54, 1.807) is 0 Å². The number of hydrogen-bond donors (Lipinski definition) is 1. The van der Waals surface area contributed by atoms with Crippen LogP contribution in [0, 0.1) is 20.2 Å². The van der Waals surface area contributed by atoms with Gasteiger partial charge in [-0.2, -0.15) is 0 Å². The fourth-order valence-electron chi connectivity index (χ4n) is 2.29. The zero-order valence-electron chi connectivity index (χ0n) is 10.7. The molecule has 108 valence electrons. The molecule has 2 N–H and O–H groups in total. The summed E-state index contributed by atoms with van der Waals surface area (Å²) in [4.78, 5) is 20.3. The maximum absolute atomic E-state index is 11.0. The normalized spacial score (nSPS) is 21.9. The molecule has 0 saturated heterocycles. The van der Waals surface area contributed by atoms with Crippen LogP contribution in [0.15, 0.2) is 18.2 Å². The number of nitrogens with zero attached hydrogens (tertiary/aromatic N) is 2. The summed E-state index contributed by atoms with van der Waals surface area (Å²) in [5.74, 6) is 0. The molecule has 0 aromatic heterocycles. The van der Waals surface area contributed by atoms with Crippen LogP contribution in [0.4, 0.5) is 11.4 Å².